The van der Waals surface area contributed by atoms with Crippen LogP contribution in [0.2, 0.25) is 0 Å². The summed E-state index contributed by atoms with van der Waals surface area (Å²) in [7, 11) is 0. The molecule has 0 aliphatic rings. The number of hydrogen-bond donors (Lipinski definition) is 1. The van der Waals surface area contributed by atoms with E-state index in [9.17, 15) is 4.79 Å². The summed E-state index contributed by atoms with van der Waals surface area (Å²) < 4.78 is 7.33. The number of rotatable bonds is 6. The summed E-state index contributed by atoms with van der Waals surface area (Å²) in [5, 5.41) is 9.65. The second-order valence-electron chi connectivity index (χ2n) is 7.42. The van der Waals surface area contributed by atoms with Crippen molar-refractivity contribution in [3.05, 3.63) is 85.1 Å². The number of carbonyl (C=O) groups excluding carboxylic acids is 1. The third-order valence-electron chi connectivity index (χ3n) is 5.27. The molecule has 6 heteroatoms. The van der Waals surface area contributed by atoms with Crippen LogP contribution in [-0.4, -0.2) is 27.3 Å². The molecule has 0 spiro atoms. The second-order valence-corrected chi connectivity index (χ2v) is 7.42. The molecule has 6 nitrogen and oxygen atoms in total. The molecule has 0 saturated carbocycles. The maximum atomic E-state index is 12.8. The van der Waals surface area contributed by atoms with Gasteiger partial charge in [0.25, 0.3) is 0 Å². The third kappa shape index (κ3) is 3.78. The van der Waals surface area contributed by atoms with Gasteiger partial charge in [0.2, 0.25) is 5.91 Å². The lowest BCUT2D eigenvalue weighted by Gasteiger charge is -2.07. The molecular weight excluding hydrogens is 400 g/mol. The average Bonchev–Trinajstić information content (AvgIpc) is 3.19. The molecule has 2 heterocycles. The Morgan fingerprint density at radius 1 is 0.938 bits per heavy atom. The molecule has 32 heavy (non-hydrogen) atoms. The lowest BCUT2D eigenvalue weighted by atomic mass is 10.1. The Morgan fingerprint density at radius 2 is 1.69 bits per heavy atom. The second kappa shape index (κ2) is 8.51. The van der Waals surface area contributed by atoms with Crippen LogP contribution in [0, 0.1) is 0 Å². The maximum Gasteiger partial charge on any atom is 0.246 e. The molecule has 3 aromatic carbocycles. The van der Waals surface area contributed by atoms with Gasteiger partial charge in [0.15, 0.2) is 0 Å². The van der Waals surface area contributed by atoms with Crippen LogP contribution in [-0.2, 0) is 11.3 Å². The molecule has 0 fully saturated rings. The zero-order chi connectivity index (χ0) is 21.9. The van der Waals surface area contributed by atoms with Gasteiger partial charge in [0, 0.05) is 28.2 Å². The maximum absolute atomic E-state index is 12.8. The van der Waals surface area contributed by atoms with Crippen LogP contribution in [0.15, 0.2) is 85.1 Å². The summed E-state index contributed by atoms with van der Waals surface area (Å²) in [5.74, 6) is 0.672. The van der Waals surface area contributed by atoms with Crippen LogP contribution in [0.5, 0.6) is 5.75 Å². The molecule has 0 atom stereocenters. The van der Waals surface area contributed by atoms with Crippen LogP contribution >= 0.6 is 0 Å². The van der Waals surface area contributed by atoms with E-state index in [1.54, 1.807) is 4.68 Å². The molecule has 158 valence electrons. The van der Waals surface area contributed by atoms with Gasteiger partial charge >= 0.3 is 0 Å². The van der Waals surface area contributed by atoms with Crippen LogP contribution in [0.3, 0.4) is 0 Å². The van der Waals surface area contributed by atoms with Crippen molar-refractivity contribution in [2.45, 2.75) is 13.5 Å². The van der Waals surface area contributed by atoms with Crippen LogP contribution in [0.1, 0.15) is 6.92 Å². The molecule has 0 aliphatic heterocycles. The van der Waals surface area contributed by atoms with Gasteiger partial charge in [-0.15, -0.1) is 0 Å². The number of ether oxygens (including phenoxy) is 1. The Balaban J connectivity index is 1.59. The van der Waals surface area contributed by atoms with Gasteiger partial charge in [0.05, 0.1) is 17.6 Å². The van der Waals surface area contributed by atoms with Gasteiger partial charge in [-0.05, 0) is 49.4 Å². The van der Waals surface area contributed by atoms with Crippen molar-refractivity contribution < 1.29 is 9.53 Å². The average molecular weight is 422 g/mol. The van der Waals surface area contributed by atoms with Crippen molar-refractivity contribution >= 4 is 33.4 Å². The van der Waals surface area contributed by atoms with Gasteiger partial charge in [-0.1, -0.05) is 36.4 Å². The van der Waals surface area contributed by atoms with E-state index < -0.39 is 0 Å². The van der Waals surface area contributed by atoms with E-state index in [0.717, 1.165) is 44.5 Å². The van der Waals surface area contributed by atoms with Crippen molar-refractivity contribution in [1.82, 2.24) is 14.8 Å². The van der Waals surface area contributed by atoms with Crippen molar-refractivity contribution in [2.24, 2.45) is 0 Å². The fourth-order valence-corrected chi connectivity index (χ4v) is 3.86. The number of benzene rings is 3. The number of hydrogen-bond acceptors (Lipinski definition) is 4. The summed E-state index contributed by atoms with van der Waals surface area (Å²) in [6.45, 7) is 2.67. The number of nitrogens with one attached hydrogen (secondary N) is 1. The van der Waals surface area contributed by atoms with Crippen molar-refractivity contribution in [2.75, 3.05) is 11.9 Å². The minimum atomic E-state index is -0.139. The number of pyridine rings is 1. The summed E-state index contributed by atoms with van der Waals surface area (Å²) in [6, 6.07) is 25.2. The summed E-state index contributed by atoms with van der Waals surface area (Å²) in [5.41, 5.74) is 4.24. The van der Waals surface area contributed by atoms with E-state index >= 15 is 0 Å². The lowest BCUT2D eigenvalue weighted by molar-refractivity contribution is -0.116. The van der Waals surface area contributed by atoms with E-state index in [1.807, 2.05) is 92.0 Å². The number of para-hydroxylation sites is 2. The largest absolute Gasteiger partial charge is 0.494 e. The highest BCUT2D eigenvalue weighted by atomic mass is 16.5. The van der Waals surface area contributed by atoms with Crippen molar-refractivity contribution in [3.63, 3.8) is 0 Å². The highest BCUT2D eigenvalue weighted by molar-refractivity contribution is 6.08. The summed E-state index contributed by atoms with van der Waals surface area (Å²) >= 11 is 0. The third-order valence-corrected chi connectivity index (χ3v) is 5.27. The molecule has 0 unspecified atom stereocenters. The zero-order valence-electron chi connectivity index (χ0n) is 17.7. The first-order valence-electron chi connectivity index (χ1n) is 10.6. The highest BCUT2D eigenvalue weighted by Gasteiger charge is 2.17. The molecule has 0 saturated heterocycles. The Kier molecular flexibility index (Phi) is 5.25. The number of aromatic nitrogens is 3. The Bertz CT molecular complexity index is 1390. The molecule has 5 aromatic rings. The highest BCUT2D eigenvalue weighted by Crippen LogP contribution is 2.32. The van der Waals surface area contributed by atoms with E-state index in [4.69, 9.17) is 9.84 Å². The van der Waals surface area contributed by atoms with Crippen molar-refractivity contribution in [3.8, 4) is 17.0 Å². The molecule has 2 aromatic heterocycles. The topological polar surface area (TPSA) is 69.0 Å². The number of amides is 1. The zero-order valence-corrected chi connectivity index (χ0v) is 17.7. The number of carbonyl (C=O) groups is 1. The number of anilines is 1. The van der Waals surface area contributed by atoms with E-state index in [2.05, 4.69) is 10.3 Å². The smallest absolute Gasteiger partial charge is 0.246 e. The Morgan fingerprint density at radius 3 is 2.47 bits per heavy atom. The quantitative estimate of drug-likeness (QED) is 0.404. The number of nitrogens with zero attached hydrogens (tertiary/aromatic N) is 3. The Hall–Kier alpha value is -4.19. The molecule has 0 aliphatic carbocycles. The SMILES string of the molecule is CCOc1ccc(-c2nn(CC(=O)Nc3ccccc3)c3c2cnc2ccccc23)cc1. The van der Waals surface area contributed by atoms with E-state index in [-0.39, 0.29) is 12.5 Å². The number of fused-ring (bicyclic) bond motifs is 3. The molecule has 1 amide bonds. The molecule has 1 N–H and O–H groups in total. The van der Waals surface area contributed by atoms with Crippen molar-refractivity contribution in [1.29, 1.82) is 0 Å². The molecule has 0 radical (unpaired) electrons. The monoisotopic (exact) mass is 422 g/mol. The predicted molar refractivity (Wildman–Crippen MR) is 127 cm³/mol. The summed E-state index contributed by atoms with van der Waals surface area (Å²) in [4.78, 5) is 17.4. The van der Waals surface area contributed by atoms with E-state index in [1.165, 1.54) is 0 Å². The fraction of sp³-hybridized carbons (Fsp3) is 0.115. The van der Waals surface area contributed by atoms with Crippen LogP contribution in [0.4, 0.5) is 5.69 Å². The molecule has 0 bridgehead atoms. The first-order chi connectivity index (χ1) is 15.7. The standard InChI is InChI=1S/C26H22N4O2/c1-2-32-20-14-12-18(13-15-20)25-22-16-27-23-11-7-6-10-21(23)26(22)30(29-25)17-24(31)28-19-8-4-3-5-9-19/h3-16H,2,17H2,1H3,(H,28,31). The lowest BCUT2D eigenvalue weighted by Crippen LogP contribution is -2.19. The fourth-order valence-electron chi connectivity index (χ4n) is 3.86. The minimum Gasteiger partial charge on any atom is -0.494 e. The van der Waals surface area contributed by atoms with Gasteiger partial charge in [-0.3, -0.25) is 14.5 Å². The molecular formula is C26H22N4O2. The molecule has 5 rings (SSSR count). The van der Waals surface area contributed by atoms with Crippen LogP contribution < -0.4 is 10.1 Å². The van der Waals surface area contributed by atoms with Gasteiger partial charge in [-0.2, -0.15) is 5.10 Å². The first-order valence-corrected chi connectivity index (χ1v) is 10.6. The first kappa shape index (κ1) is 19.8. The van der Waals surface area contributed by atoms with Crippen LogP contribution in [0.25, 0.3) is 33.1 Å². The Labute approximate surface area is 185 Å². The van der Waals surface area contributed by atoms with Gasteiger partial charge in [-0.25, -0.2) is 0 Å². The normalized spacial score (nSPS) is 11.0. The van der Waals surface area contributed by atoms with Gasteiger partial charge < -0.3 is 10.1 Å². The minimum absolute atomic E-state index is 0.0937. The summed E-state index contributed by atoms with van der Waals surface area (Å²) in [6.07, 6.45) is 1.84. The van der Waals surface area contributed by atoms with E-state index in [0.29, 0.717) is 6.61 Å². The van der Waals surface area contributed by atoms with Gasteiger partial charge in [0.1, 0.15) is 18.0 Å². The predicted octanol–water partition coefficient (Wildman–Crippen LogP) is 5.29.